The number of carboxylic acids is 2. The Kier molecular flexibility index (Phi) is 7.99. The molecule has 10 nitrogen and oxygen atoms in total. The number of hydrogen-bond acceptors (Lipinski definition) is 7. The Morgan fingerprint density at radius 2 is 1.84 bits per heavy atom. The Morgan fingerprint density at radius 1 is 1.08 bits per heavy atom. The number of benzene rings is 2. The number of aliphatic hydroxyl groups excluding tert-OH is 1. The molecule has 0 fully saturated rings. The number of allylic oxidation sites excluding steroid dienone is 3. The van der Waals surface area contributed by atoms with Crippen molar-refractivity contribution in [2.75, 3.05) is 11.9 Å². The number of aliphatic carboxylic acids is 1. The first-order chi connectivity index (χ1) is 18.1. The normalized spacial score (nSPS) is 14.8. The lowest BCUT2D eigenvalue weighted by Gasteiger charge is -2.28. The number of unbranched alkanes of at least 4 members (excludes halogenated alkanes) is 1. The molecule has 4 rings (SSSR count). The van der Waals surface area contributed by atoms with Crippen LogP contribution in [0.5, 0.6) is 11.5 Å². The number of nitrogens with one attached hydrogen (secondary N) is 2. The zero-order valence-corrected chi connectivity index (χ0v) is 21.0. The molecule has 0 amide bonds. The SMILES string of the molecule is N[C@@H](CCCCNC(=S)Nc1ccc(C2=C3CC=C(O)C=C3Oc3cc(O)ccc32)c(C(=O)O)c1)C(=O)O. The van der Waals surface area contributed by atoms with E-state index in [0.29, 0.717) is 76.8 Å². The van der Waals surface area contributed by atoms with E-state index < -0.39 is 18.0 Å². The number of phenolic OH excluding ortho intramolecular Hbond substituents is 1. The molecule has 0 saturated heterocycles. The van der Waals surface area contributed by atoms with Crippen LogP contribution in [0.3, 0.4) is 0 Å². The molecule has 1 heterocycles. The second-order valence-electron chi connectivity index (χ2n) is 8.86. The maximum Gasteiger partial charge on any atom is 0.336 e. The molecule has 198 valence electrons. The second-order valence-corrected chi connectivity index (χ2v) is 9.27. The molecular formula is C27H27N3O7S. The third kappa shape index (κ3) is 5.96. The fraction of sp³-hybridized carbons (Fsp3) is 0.222. The maximum absolute atomic E-state index is 12.3. The van der Waals surface area contributed by atoms with Gasteiger partial charge in [-0.2, -0.15) is 0 Å². The number of aromatic carboxylic acids is 1. The maximum atomic E-state index is 12.3. The van der Waals surface area contributed by atoms with Crippen molar-refractivity contribution < 1.29 is 34.8 Å². The van der Waals surface area contributed by atoms with Crippen LogP contribution in [0.1, 0.15) is 47.2 Å². The summed E-state index contributed by atoms with van der Waals surface area (Å²) in [6.07, 6.45) is 5.04. The number of thiocarbonyl (C=S) groups is 1. The summed E-state index contributed by atoms with van der Waals surface area (Å²) < 4.78 is 5.92. The minimum atomic E-state index is -1.14. The van der Waals surface area contributed by atoms with E-state index in [-0.39, 0.29) is 17.1 Å². The number of aliphatic hydroxyl groups is 1. The van der Waals surface area contributed by atoms with Crippen LogP contribution in [0, 0.1) is 0 Å². The summed E-state index contributed by atoms with van der Waals surface area (Å²) in [6, 6.07) is 8.61. The number of ether oxygens (including phenoxy) is 1. The minimum absolute atomic E-state index is 0.00790. The van der Waals surface area contributed by atoms with Crippen LogP contribution in [0.25, 0.3) is 5.57 Å². The fourth-order valence-electron chi connectivity index (χ4n) is 4.30. The van der Waals surface area contributed by atoms with Gasteiger partial charge in [0, 0.05) is 41.1 Å². The average molecular weight is 538 g/mol. The quantitative estimate of drug-likeness (QED) is 0.183. The summed E-state index contributed by atoms with van der Waals surface area (Å²) in [5, 5.41) is 45.2. The van der Waals surface area contributed by atoms with Crippen LogP contribution in [0.2, 0.25) is 0 Å². The third-order valence-electron chi connectivity index (χ3n) is 6.17. The van der Waals surface area contributed by atoms with Gasteiger partial charge in [0.05, 0.1) is 5.56 Å². The number of phenols is 1. The number of nitrogens with two attached hydrogens (primary N) is 1. The molecule has 1 atom stereocenters. The van der Waals surface area contributed by atoms with Crippen molar-refractivity contribution in [1.82, 2.24) is 5.32 Å². The third-order valence-corrected chi connectivity index (χ3v) is 6.42. The zero-order chi connectivity index (χ0) is 27.4. The lowest BCUT2D eigenvalue weighted by molar-refractivity contribution is -0.138. The molecule has 2 aromatic carbocycles. The summed E-state index contributed by atoms with van der Waals surface area (Å²) >= 11 is 5.32. The van der Waals surface area contributed by atoms with Gasteiger partial charge in [0.15, 0.2) is 5.11 Å². The predicted molar refractivity (Wildman–Crippen MR) is 145 cm³/mol. The summed E-state index contributed by atoms with van der Waals surface area (Å²) in [7, 11) is 0. The lowest BCUT2D eigenvalue weighted by Crippen LogP contribution is -2.31. The van der Waals surface area contributed by atoms with E-state index >= 15 is 0 Å². The van der Waals surface area contributed by atoms with Gasteiger partial charge < -0.3 is 41.5 Å². The first-order valence-corrected chi connectivity index (χ1v) is 12.3. The number of carboxylic acid groups (broad SMARTS) is 2. The van der Waals surface area contributed by atoms with E-state index in [1.807, 2.05) is 0 Å². The number of hydrogen-bond donors (Lipinski definition) is 7. The van der Waals surface area contributed by atoms with Gasteiger partial charge in [0.1, 0.15) is 29.1 Å². The van der Waals surface area contributed by atoms with Crippen molar-refractivity contribution in [3.63, 3.8) is 0 Å². The molecule has 2 aromatic rings. The monoisotopic (exact) mass is 537 g/mol. The van der Waals surface area contributed by atoms with Gasteiger partial charge in [0.2, 0.25) is 0 Å². The molecule has 2 aliphatic rings. The highest BCUT2D eigenvalue weighted by Gasteiger charge is 2.30. The number of fused-ring (bicyclic) bond motifs is 2. The van der Waals surface area contributed by atoms with Crippen molar-refractivity contribution in [3.05, 3.63) is 82.3 Å². The van der Waals surface area contributed by atoms with Crippen molar-refractivity contribution in [2.24, 2.45) is 5.73 Å². The van der Waals surface area contributed by atoms with Crippen molar-refractivity contribution in [1.29, 1.82) is 0 Å². The Bertz CT molecular complexity index is 1400. The number of carbonyl (C=O) groups is 2. The number of anilines is 1. The molecule has 11 heteroatoms. The van der Waals surface area contributed by atoms with Crippen LogP contribution in [-0.4, -0.2) is 50.1 Å². The van der Waals surface area contributed by atoms with Crippen LogP contribution < -0.4 is 21.1 Å². The van der Waals surface area contributed by atoms with Gasteiger partial charge in [-0.05, 0) is 73.8 Å². The minimum Gasteiger partial charge on any atom is -0.508 e. The van der Waals surface area contributed by atoms with Gasteiger partial charge >= 0.3 is 11.9 Å². The molecule has 0 radical (unpaired) electrons. The highest BCUT2D eigenvalue weighted by Crippen LogP contribution is 2.46. The fourth-order valence-corrected chi connectivity index (χ4v) is 4.52. The van der Waals surface area contributed by atoms with E-state index in [4.69, 9.17) is 27.8 Å². The van der Waals surface area contributed by atoms with Gasteiger partial charge in [0.25, 0.3) is 0 Å². The molecule has 0 saturated carbocycles. The average Bonchev–Trinajstić information content (AvgIpc) is 2.86. The van der Waals surface area contributed by atoms with Crippen LogP contribution >= 0.6 is 12.2 Å². The zero-order valence-electron chi connectivity index (χ0n) is 20.2. The molecule has 0 spiro atoms. The Hall–Kier alpha value is -4.35. The molecule has 38 heavy (non-hydrogen) atoms. The van der Waals surface area contributed by atoms with E-state index in [1.165, 1.54) is 24.3 Å². The largest absolute Gasteiger partial charge is 0.508 e. The summed E-state index contributed by atoms with van der Waals surface area (Å²) in [6.45, 7) is 0.497. The summed E-state index contributed by atoms with van der Waals surface area (Å²) in [5.74, 6) is -1.42. The first kappa shape index (κ1) is 26.7. The first-order valence-electron chi connectivity index (χ1n) is 11.9. The van der Waals surface area contributed by atoms with Gasteiger partial charge in [-0.3, -0.25) is 4.79 Å². The lowest BCUT2D eigenvalue weighted by atomic mass is 9.84. The number of aromatic hydroxyl groups is 1. The van der Waals surface area contributed by atoms with E-state index in [1.54, 1.807) is 24.3 Å². The molecule has 0 unspecified atom stereocenters. The molecule has 8 N–H and O–H groups in total. The summed E-state index contributed by atoms with van der Waals surface area (Å²) in [4.78, 5) is 23.1. The van der Waals surface area contributed by atoms with E-state index in [9.17, 15) is 24.9 Å². The van der Waals surface area contributed by atoms with Gasteiger partial charge in [-0.1, -0.05) is 6.07 Å². The highest BCUT2D eigenvalue weighted by atomic mass is 32.1. The predicted octanol–water partition coefficient (Wildman–Crippen LogP) is 3.88. The molecule has 0 bridgehead atoms. The summed E-state index contributed by atoms with van der Waals surface area (Å²) in [5.41, 5.74) is 8.40. The van der Waals surface area contributed by atoms with Crippen molar-refractivity contribution >= 4 is 40.5 Å². The molecule has 1 aliphatic heterocycles. The van der Waals surface area contributed by atoms with Gasteiger partial charge in [-0.25, -0.2) is 4.79 Å². The van der Waals surface area contributed by atoms with E-state index in [0.717, 1.165) is 0 Å². The van der Waals surface area contributed by atoms with Crippen LogP contribution in [0.4, 0.5) is 5.69 Å². The van der Waals surface area contributed by atoms with Crippen molar-refractivity contribution in [2.45, 2.75) is 31.7 Å². The Morgan fingerprint density at radius 3 is 2.58 bits per heavy atom. The molecule has 0 aromatic heterocycles. The van der Waals surface area contributed by atoms with Crippen LogP contribution in [0.15, 0.2) is 65.6 Å². The number of rotatable bonds is 9. The van der Waals surface area contributed by atoms with Gasteiger partial charge in [-0.15, -0.1) is 0 Å². The van der Waals surface area contributed by atoms with Crippen LogP contribution in [-0.2, 0) is 4.79 Å². The molecular weight excluding hydrogens is 510 g/mol. The smallest absolute Gasteiger partial charge is 0.336 e. The highest BCUT2D eigenvalue weighted by molar-refractivity contribution is 7.80. The second kappa shape index (κ2) is 11.4. The Labute approximate surface area is 223 Å². The van der Waals surface area contributed by atoms with Crippen molar-refractivity contribution in [3.8, 4) is 11.5 Å². The standard InChI is InChI=1S/C27H27N3O7S/c28-21(26(35)36)3-1-2-10-29-27(38)30-14-4-7-17(20(11-14)25(33)34)24-18-8-5-15(31)12-22(18)37-23-13-16(32)6-9-19(23)24/h4-8,11-13,21,31-32H,1-3,9-10,28H2,(H,33,34)(H,35,36)(H2,29,30,38)/t21-/m0/s1. The topological polar surface area (TPSA) is 174 Å². The molecule has 1 aliphatic carbocycles. The Balaban J connectivity index is 1.56. The van der Waals surface area contributed by atoms with E-state index in [2.05, 4.69) is 10.6 Å².